The van der Waals surface area contributed by atoms with Gasteiger partial charge in [-0.2, -0.15) is 5.16 Å². The highest BCUT2D eigenvalue weighted by Gasteiger charge is 2.20. The molecule has 44 heavy (non-hydrogen) atoms. The largest absolute Gasteiger partial charge is 0.528 e. The first-order valence-corrected chi connectivity index (χ1v) is 14.4. The molecule has 3 aromatic carbocycles. The highest BCUT2D eigenvalue weighted by atomic mass is 32.1. The van der Waals surface area contributed by atoms with Crippen LogP contribution in [0, 0.1) is 5.82 Å². The van der Waals surface area contributed by atoms with E-state index >= 15 is 0 Å². The predicted octanol–water partition coefficient (Wildman–Crippen LogP) is 4.66. The third-order valence-electron chi connectivity index (χ3n) is 7.25. The fraction of sp³-hybridized carbons (Fsp3) is 0.156. The molecule has 0 aliphatic heterocycles. The van der Waals surface area contributed by atoms with E-state index in [-0.39, 0.29) is 23.7 Å². The summed E-state index contributed by atoms with van der Waals surface area (Å²) in [6.07, 6.45) is -0.111. The van der Waals surface area contributed by atoms with E-state index in [2.05, 4.69) is 14.7 Å². The van der Waals surface area contributed by atoms with Crippen LogP contribution in [0.1, 0.15) is 27.7 Å². The number of ether oxygens (including phenoxy) is 1. The number of benzene rings is 3. The fourth-order valence-electron chi connectivity index (χ4n) is 5.00. The number of thiophene rings is 1. The molecule has 0 fully saturated rings. The van der Waals surface area contributed by atoms with Crippen molar-refractivity contribution >= 4 is 27.3 Å². The van der Waals surface area contributed by atoms with E-state index in [1.165, 1.54) is 35.1 Å². The number of hydrogen-bond acceptors (Lipinski definition) is 9. The number of methoxy groups -OCH3 is 1. The number of rotatable bonds is 9. The number of nitrogens with zero attached hydrogens (tertiary/aromatic N) is 4. The van der Waals surface area contributed by atoms with E-state index in [0.717, 1.165) is 32.2 Å². The van der Waals surface area contributed by atoms with Crippen molar-refractivity contribution in [3.63, 3.8) is 0 Å². The van der Waals surface area contributed by atoms with Crippen LogP contribution < -0.4 is 21.1 Å². The topological polar surface area (TPSA) is 132 Å². The number of carbonyl (C=O) groups excluding carboxylic acids is 1. The van der Waals surface area contributed by atoms with Crippen molar-refractivity contribution in [2.24, 2.45) is 0 Å². The third kappa shape index (κ3) is 5.31. The first-order valence-electron chi connectivity index (χ1n) is 13.6. The van der Waals surface area contributed by atoms with Gasteiger partial charge >= 0.3 is 5.69 Å². The molecule has 12 heteroatoms. The van der Waals surface area contributed by atoms with Crippen molar-refractivity contribution in [3.05, 3.63) is 115 Å². The lowest BCUT2D eigenvalue weighted by Crippen LogP contribution is -2.41. The van der Waals surface area contributed by atoms with Gasteiger partial charge in [-0.25, -0.2) is 14.2 Å². The van der Waals surface area contributed by atoms with Crippen molar-refractivity contribution in [2.75, 3.05) is 7.11 Å². The Hall–Kier alpha value is -5.36. The molecule has 0 spiro atoms. The summed E-state index contributed by atoms with van der Waals surface area (Å²) in [7, 11) is 1.32. The SMILES string of the molecule is CCc1cc2c(=O)n(CC(=O)c3ccc(OC)c(F)c3)c(=O)n(Cc3ccc(-c4ccccc4-c4noc([O-])n4)cc3)c2s1. The summed E-state index contributed by atoms with van der Waals surface area (Å²) >= 11 is 1.36. The number of aryl methyl sites for hydroxylation is 1. The summed E-state index contributed by atoms with van der Waals surface area (Å²) in [6, 6.07) is 20.3. The standard InChI is InChI=1S/C32H25FN4O6S/c1-3-21-15-24-29(39)36(17-26(38)20-12-13-27(42-2)25(33)14-20)32(41)37(30(24)44-21)16-18-8-10-19(11-9-18)22-6-4-5-7-23(22)28-34-31(40)43-35-28/h4-15H,3,16-17H2,1-2H3,(H,34,35,40)/p-1. The summed E-state index contributed by atoms with van der Waals surface area (Å²) in [4.78, 5) is 45.5. The van der Waals surface area contributed by atoms with Crippen molar-refractivity contribution in [1.82, 2.24) is 19.3 Å². The quantitative estimate of drug-likeness (QED) is 0.216. The van der Waals surface area contributed by atoms with Crippen molar-refractivity contribution in [2.45, 2.75) is 26.4 Å². The molecule has 3 heterocycles. The molecule has 0 aliphatic carbocycles. The van der Waals surface area contributed by atoms with Crippen LogP contribution in [0.4, 0.5) is 4.39 Å². The Morgan fingerprint density at radius 1 is 1.02 bits per heavy atom. The Balaban J connectivity index is 1.36. The summed E-state index contributed by atoms with van der Waals surface area (Å²) in [5.41, 5.74) is 1.81. The van der Waals surface area contributed by atoms with Gasteiger partial charge in [0.15, 0.2) is 29.3 Å². The Bertz CT molecular complexity index is 2150. The molecule has 6 rings (SSSR count). The second kappa shape index (κ2) is 11.7. The van der Waals surface area contributed by atoms with Gasteiger partial charge in [0.05, 0.1) is 25.6 Å². The van der Waals surface area contributed by atoms with Crippen molar-refractivity contribution in [3.8, 4) is 34.3 Å². The average molecular weight is 612 g/mol. The van der Waals surface area contributed by atoms with Crippen LogP contribution in [0.3, 0.4) is 0 Å². The summed E-state index contributed by atoms with van der Waals surface area (Å²) in [5, 5.41) is 15.5. The van der Waals surface area contributed by atoms with E-state index in [9.17, 15) is 23.9 Å². The van der Waals surface area contributed by atoms with Gasteiger partial charge in [-0.1, -0.05) is 55.5 Å². The molecule has 0 aliphatic rings. The minimum absolute atomic E-state index is 0.0176. The van der Waals surface area contributed by atoms with Gasteiger partial charge in [0.25, 0.3) is 5.56 Å². The molecule has 10 nitrogen and oxygen atoms in total. The smallest absolute Gasteiger partial charge is 0.332 e. The molecule has 0 bridgehead atoms. The third-order valence-corrected chi connectivity index (χ3v) is 8.55. The van der Waals surface area contributed by atoms with Gasteiger partial charge in [-0.15, -0.1) is 11.3 Å². The van der Waals surface area contributed by atoms with Crippen LogP contribution >= 0.6 is 11.3 Å². The zero-order valence-corrected chi connectivity index (χ0v) is 24.4. The summed E-state index contributed by atoms with van der Waals surface area (Å²) in [6.45, 7) is 1.54. The van der Waals surface area contributed by atoms with E-state index in [4.69, 9.17) is 4.74 Å². The van der Waals surface area contributed by atoms with Crippen LogP contribution in [0.2, 0.25) is 0 Å². The van der Waals surface area contributed by atoms with Crippen molar-refractivity contribution < 1.29 is 23.6 Å². The monoisotopic (exact) mass is 611 g/mol. The molecule has 3 aromatic heterocycles. The number of Topliss-reactive ketones (excluding diaryl/α,β-unsaturated/α-hetero) is 1. The highest BCUT2D eigenvalue weighted by Crippen LogP contribution is 2.31. The van der Waals surface area contributed by atoms with Gasteiger partial charge < -0.3 is 14.4 Å². The number of hydrogen-bond donors (Lipinski definition) is 0. The van der Waals surface area contributed by atoms with Gasteiger partial charge in [-0.05, 0) is 47.4 Å². The normalized spacial score (nSPS) is 11.2. The van der Waals surface area contributed by atoms with Crippen molar-refractivity contribution in [1.29, 1.82) is 0 Å². The second-order valence-corrected chi connectivity index (χ2v) is 11.1. The molecular weight excluding hydrogens is 587 g/mol. The summed E-state index contributed by atoms with van der Waals surface area (Å²) in [5.74, 6) is -1.14. The average Bonchev–Trinajstić information content (AvgIpc) is 3.68. The zero-order valence-electron chi connectivity index (χ0n) is 23.6. The molecular formula is C32H24FN4O6S-. The maximum Gasteiger partial charge on any atom is 0.332 e. The van der Waals surface area contributed by atoms with E-state index in [0.29, 0.717) is 22.2 Å². The number of halogens is 1. The van der Waals surface area contributed by atoms with Crippen LogP contribution in [0.5, 0.6) is 11.8 Å². The highest BCUT2D eigenvalue weighted by molar-refractivity contribution is 7.18. The molecule has 0 amide bonds. The number of ketones is 1. The van der Waals surface area contributed by atoms with Crippen LogP contribution in [-0.2, 0) is 19.5 Å². The maximum absolute atomic E-state index is 14.3. The Kier molecular flexibility index (Phi) is 7.66. The molecule has 0 radical (unpaired) electrons. The van der Waals surface area contributed by atoms with Gasteiger partial charge in [-0.3, -0.25) is 18.7 Å². The lowest BCUT2D eigenvalue weighted by Gasteiger charge is -2.13. The Morgan fingerprint density at radius 2 is 1.77 bits per heavy atom. The fourth-order valence-corrected chi connectivity index (χ4v) is 6.08. The number of fused-ring (bicyclic) bond motifs is 1. The van der Waals surface area contributed by atoms with E-state index in [1.807, 2.05) is 49.4 Å². The molecule has 0 saturated heterocycles. The molecule has 6 aromatic rings. The molecule has 0 saturated carbocycles. The predicted molar refractivity (Wildman–Crippen MR) is 161 cm³/mol. The van der Waals surface area contributed by atoms with Crippen LogP contribution in [0.25, 0.3) is 32.7 Å². The van der Waals surface area contributed by atoms with Gasteiger partial charge in [0, 0.05) is 16.0 Å². The number of carbonyl (C=O) groups is 1. The lowest BCUT2D eigenvalue weighted by molar-refractivity contribution is -0.303. The van der Waals surface area contributed by atoms with E-state index < -0.39 is 35.5 Å². The zero-order chi connectivity index (χ0) is 31.0. The Morgan fingerprint density at radius 3 is 2.43 bits per heavy atom. The van der Waals surface area contributed by atoms with E-state index in [1.54, 1.807) is 12.1 Å². The lowest BCUT2D eigenvalue weighted by atomic mass is 9.98. The first-order chi connectivity index (χ1) is 21.3. The molecule has 0 unspecified atom stereocenters. The minimum Gasteiger partial charge on any atom is -0.528 e. The van der Waals surface area contributed by atoms with Gasteiger partial charge in [0.2, 0.25) is 0 Å². The second-order valence-electron chi connectivity index (χ2n) is 9.94. The molecule has 0 N–H and O–H groups in total. The molecule has 222 valence electrons. The summed E-state index contributed by atoms with van der Waals surface area (Å²) < 4.78 is 26.2. The minimum atomic E-state index is -0.777. The first kappa shape index (κ1) is 28.7. The molecule has 0 atom stereocenters. The van der Waals surface area contributed by atoms with Crippen LogP contribution in [-0.4, -0.2) is 32.2 Å². The maximum atomic E-state index is 14.3. The van der Waals surface area contributed by atoms with Crippen LogP contribution in [0.15, 0.2) is 86.9 Å². The number of aromatic nitrogens is 4. The van der Waals surface area contributed by atoms with Gasteiger partial charge in [0.1, 0.15) is 4.83 Å². The Labute approximate surface area is 253 Å².